The van der Waals surface area contributed by atoms with Crippen LogP contribution in [0.3, 0.4) is 0 Å². The van der Waals surface area contributed by atoms with Crippen molar-refractivity contribution in [2.45, 2.75) is 0 Å². The topological polar surface area (TPSA) is 88.1 Å². The van der Waals surface area contributed by atoms with Gasteiger partial charge in [0.25, 0.3) is 0 Å². The summed E-state index contributed by atoms with van der Waals surface area (Å²) in [6.45, 7) is 0.157. The van der Waals surface area contributed by atoms with Crippen LogP contribution >= 0.6 is 0 Å². The summed E-state index contributed by atoms with van der Waals surface area (Å²) in [7, 11) is 0. The van der Waals surface area contributed by atoms with Gasteiger partial charge >= 0.3 is 11.6 Å². The standard InChI is InChI=1S/C21H12O7/c22-20-15(12-4-6-16-19(9-12)26-11-25-16)8-13-3-5-14(10-18(13)28-20)27-21(23)17-2-1-7-24-17/h1-10H,11H2. The third-order valence-electron chi connectivity index (χ3n) is 4.32. The Hall–Kier alpha value is -4.00. The van der Waals surface area contributed by atoms with Crippen LogP contribution in [0.15, 0.2) is 74.5 Å². The number of carbonyl (C=O) groups excluding carboxylic acids is 1. The average molecular weight is 376 g/mol. The van der Waals surface area contributed by atoms with Gasteiger partial charge in [0.2, 0.25) is 12.6 Å². The first-order valence-corrected chi connectivity index (χ1v) is 8.41. The number of hydrogen-bond acceptors (Lipinski definition) is 7. The minimum absolute atomic E-state index is 0.0831. The zero-order chi connectivity index (χ0) is 19.1. The van der Waals surface area contributed by atoms with E-state index in [0.29, 0.717) is 33.6 Å². The molecule has 0 amide bonds. The Morgan fingerprint density at radius 1 is 0.964 bits per heavy atom. The van der Waals surface area contributed by atoms with Crippen LogP contribution < -0.4 is 19.8 Å². The Morgan fingerprint density at radius 2 is 1.86 bits per heavy atom. The van der Waals surface area contributed by atoms with E-state index < -0.39 is 11.6 Å². The number of hydrogen-bond donors (Lipinski definition) is 0. The number of furan rings is 1. The molecule has 5 rings (SSSR count). The first-order chi connectivity index (χ1) is 13.7. The molecule has 0 radical (unpaired) electrons. The first-order valence-electron chi connectivity index (χ1n) is 8.41. The predicted molar refractivity (Wildman–Crippen MR) is 97.7 cm³/mol. The number of carbonyl (C=O) groups is 1. The number of benzene rings is 2. The largest absolute Gasteiger partial charge is 0.457 e. The summed E-state index contributed by atoms with van der Waals surface area (Å²) in [6.07, 6.45) is 1.38. The molecule has 0 atom stereocenters. The number of rotatable bonds is 3. The van der Waals surface area contributed by atoms with Crippen molar-refractivity contribution >= 4 is 16.9 Å². The monoisotopic (exact) mass is 376 g/mol. The van der Waals surface area contributed by atoms with Crippen LogP contribution in [0, 0.1) is 0 Å². The van der Waals surface area contributed by atoms with Crippen LogP contribution in [0.5, 0.6) is 17.2 Å². The summed E-state index contributed by atoms with van der Waals surface area (Å²) in [5.41, 5.74) is 0.847. The van der Waals surface area contributed by atoms with Crippen LogP contribution in [-0.4, -0.2) is 12.8 Å². The molecule has 0 N–H and O–H groups in total. The summed E-state index contributed by atoms with van der Waals surface area (Å²) in [5, 5.41) is 0.685. The molecule has 0 saturated carbocycles. The van der Waals surface area contributed by atoms with Crippen LogP contribution in [0.2, 0.25) is 0 Å². The molecule has 7 heteroatoms. The van der Waals surface area contributed by atoms with Gasteiger partial charge < -0.3 is 23.0 Å². The second-order valence-corrected chi connectivity index (χ2v) is 6.08. The summed E-state index contributed by atoms with van der Waals surface area (Å²) < 4.78 is 26.3. The zero-order valence-corrected chi connectivity index (χ0v) is 14.3. The second kappa shape index (κ2) is 6.31. The lowest BCUT2D eigenvalue weighted by atomic mass is 10.1. The Bertz CT molecular complexity index is 1250. The Morgan fingerprint density at radius 3 is 2.71 bits per heavy atom. The average Bonchev–Trinajstić information content (AvgIpc) is 3.38. The molecule has 4 aromatic rings. The number of esters is 1. The highest BCUT2D eigenvalue weighted by Crippen LogP contribution is 2.35. The van der Waals surface area contributed by atoms with E-state index in [0.717, 1.165) is 0 Å². The summed E-state index contributed by atoms with van der Waals surface area (Å²) >= 11 is 0. The van der Waals surface area contributed by atoms with Gasteiger partial charge in [-0.25, -0.2) is 9.59 Å². The summed E-state index contributed by atoms with van der Waals surface area (Å²) in [4.78, 5) is 24.5. The Balaban J connectivity index is 1.50. The molecule has 7 nitrogen and oxygen atoms in total. The van der Waals surface area contributed by atoms with E-state index in [2.05, 4.69) is 0 Å². The van der Waals surface area contributed by atoms with Gasteiger partial charge in [0.1, 0.15) is 11.3 Å². The van der Waals surface area contributed by atoms with Gasteiger partial charge in [-0.3, -0.25) is 0 Å². The van der Waals surface area contributed by atoms with Crippen molar-refractivity contribution in [1.29, 1.82) is 0 Å². The fraction of sp³-hybridized carbons (Fsp3) is 0.0476. The molecule has 0 fully saturated rings. The Labute approximate surface area is 157 Å². The molecule has 3 heterocycles. The quantitative estimate of drug-likeness (QED) is 0.303. The number of ether oxygens (including phenoxy) is 3. The third-order valence-corrected chi connectivity index (χ3v) is 4.32. The SMILES string of the molecule is O=C(Oc1ccc2cc(-c3ccc4c(c3)OCO4)c(=O)oc2c1)c1ccco1. The molecule has 2 aromatic carbocycles. The highest BCUT2D eigenvalue weighted by atomic mass is 16.7. The van der Waals surface area contributed by atoms with Crippen LogP contribution in [0.4, 0.5) is 0 Å². The van der Waals surface area contributed by atoms with Gasteiger partial charge in [-0.1, -0.05) is 6.07 Å². The van der Waals surface area contributed by atoms with E-state index in [9.17, 15) is 9.59 Å². The van der Waals surface area contributed by atoms with Gasteiger partial charge in [-0.15, -0.1) is 0 Å². The zero-order valence-electron chi connectivity index (χ0n) is 14.3. The molecular weight excluding hydrogens is 364 g/mol. The van der Waals surface area contributed by atoms with E-state index >= 15 is 0 Å². The molecule has 2 aromatic heterocycles. The molecule has 0 aliphatic carbocycles. The first kappa shape index (κ1) is 16.2. The van der Waals surface area contributed by atoms with Crippen LogP contribution in [-0.2, 0) is 0 Å². The second-order valence-electron chi connectivity index (χ2n) is 6.08. The molecule has 138 valence electrons. The van der Waals surface area contributed by atoms with Crippen molar-refractivity contribution < 1.29 is 27.8 Å². The van der Waals surface area contributed by atoms with Gasteiger partial charge in [0.15, 0.2) is 11.5 Å². The number of fused-ring (bicyclic) bond motifs is 2. The fourth-order valence-electron chi connectivity index (χ4n) is 2.97. The fourth-order valence-corrected chi connectivity index (χ4v) is 2.97. The van der Waals surface area contributed by atoms with Crippen molar-refractivity contribution in [3.8, 4) is 28.4 Å². The normalized spacial score (nSPS) is 12.3. The lowest BCUT2D eigenvalue weighted by Gasteiger charge is -2.06. The minimum Gasteiger partial charge on any atom is -0.457 e. The van der Waals surface area contributed by atoms with Gasteiger partial charge in [0.05, 0.1) is 11.8 Å². The maximum absolute atomic E-state index is 12.5. The highest BCUT2D eigenvalue weighted by Gasteiger charge is 2.17. The van der Waals surface area contributed by atoms with E-state index in [1.54, 1.807) is 42.5 Å². The molecule has 28 heavy (non-hydrogen) atoms. The Kier molecular flexibility index (Phi) is 3.65. The lowest BCUT2D eigenvalue weighted by molar-refractivity contribution is 0.0701. The van der Waals surface area contributed by atoms with E-state index in [1.165, 1.54) is 18.4 Å². The predicted octanol–water partition coefficient (Wildman–Crippen LogP) is 4.00. The molecule has 0 bridgehead atoms. The lowest BCUT2D eigenvalue weighted by Crippen LogP contribution is -2.07. The minimum atomic E-state index is -0.635. The van der Waals surface area contributed by atoms with Crippen molar-refractivity contribution in [3.63, 3.8) is 0 Å². The maximum Gasteiger partial charge on any atom is 0.379 e. The third kappa shape index (κ3) is 2.79. The van der Waals surface area contributed by atoms with Crippen LogP contribution in [0.25, 0.3) is 22.1 Å². The molecule has 1 aliphatic heterocycles. The molecular formula is C21H12O7. The smallest absolute Gasteiger partial charge is 0.379 e. The summed E-state index contributed by atoms with van der Waals surface area (Å²) in [5.74, 6) is 0.908. The molecule has 1 aliphatic rings. The molecule has 0 saturated heterocycles. The van der Waals surface area contributed by atoms with E-state index in [-0.39, 0.29) is 18.3 Å². The van der Waals surface area contributed by atoms with Crippen molar-refractivity contribution in [2.75, 3.05) is 6.79 Å². The van der Waals surface area contributed by atoms with E-state index in [4.69, 9.17) is 23.0 Å². The maximum atomic E-state index is 12.5. The van der Waals surface area contributed by atoms with Crippen molar-refractivity contribution in [2.24, 2.45) is 0 Å². The van der Waals surface area contributed by atoms with Crippen molar-refractivity contribution in [3.05, 3.63) is 77.0 Å². The highest BCUT2D eigenvalue weighted by molar-refractivity contribution is 5.89. The van der Waals surface area contributed by atoms with E-state index in [1.807, 2.05) is 0 Å². The molecule has 0 spiro atoms. The van der Waals surface area contributed by atoms with Crippen molar-refractivity contribution in [1.82, 2.24) is 0 Å². The van der Waals surface area contributed by atoms with Gasteiger partial charge in [-0.05, 0) is 48.0 Å². The van der Waals surface area contributed by atoms with Gasteiger partial charge in [-0.2, -0.15) is 0 Å². The summed E-state index contributed by atoms with van der Waals surface area (Å²) in [6, 6.07) is 14.9. The van der Waals surface area contributed by atoms with Crippen LogP contribution in [0.1, 0.15) is 10.6 Å². The van der Waals surface area contributed by atoms with Gasteiger partial charge in [0, 0.05) is 11.5 Å². The molecule has 0 unspecified atom stereocenters.